The van der Waals surface area contributed by atoms with Gasteiger partial charge in [0.1, 0.15) is 11.3 Å². The lowest BCUT2D eigenvalue weighted by Gasteiger charge is -1.99. The van der Waals surface area contributed by atoms with Crippen LogP contribution in [0.25, 0.3) is 22.1 Å². The molecule has 1 N–H and O–H groups in total. The molecule has 78 valence electrons. The van der Waals surface area contributed by atoms with Crippen LogP contribution in [0.2, 0.25) is 0 Å². The summed E-state index contributed by atoms with van der Waals surface area (Å²) in [4.78, 5) is 0. The van der Waals surface area contributed by atoms with E-state index < -0.39 is 0 Å². The van der Waals surface area contributed by atoms with Gasteiger partial charge < -0.3 is 9.52 Å². The second-order valence-electron chi connectivity index (χ2n) is 3.67. The summed E-state index contributed by atoms with van der Waals surface area (Å²) in [6.07, 6.45) is 1.68. The molecule has 0 saturated carbocycles. The summed E-state index contributed by atoms with van der Waals surface area (Å²) >= 11 is 0. The van der Waals surface area contributed by atoms with Crippen molar-refractivity contribution in [1.82, 2.24) is 0 Å². The fourth-order valence-electron chi connectivity index (χ4n) is 1.90. The van der Waals surface area contributed by atoms with Gasteiger partial charge in [-0.1, -0.05) is 36.4 Å². The first kappa shape index (κ1) is 9.04. The van der Waals surface area contributed by atoms with Crippen LogP contribution in [0.1, 0.15) is 0 Å². The highest BCUT2D eigenvalue weighted by Gasteiger charge is 2.10. The zero-order chi connectivity index (χ0) is 11.0. The summed E-state index contributed by atoms with van der Waals surface area (Å²) in [5, 5.41) is 10.6. The zero-order valence-electron chi connectivity index (χ0n) is 8.55. The van der Waals surface area contributed by atoms with E-state index in [0.717, 1.165) is 16.5 Å². The predicted molar refractivity (Wildman–Crippen MR) is 63.3 cm³/mol. The fourth-order valence-corrected chi connectivity index (χ4v) is 1.90. The molecule has 0 atom stereocenters. The van der Waals surface area contributed by atoms with Gasteiger partial charge in [0.25, 0.3) is 0 Å². The van der Waals surface area contributed by atoms with Gasteiger partial charge in [0.2, 0.25) is 0 Å². The second-order valence-corrected chi connectivity index (χ2v) is 3.67. The van der Waals surface area contributed by atoms with Gasteiger partial charge in [-0.05, 0) is 17.7 Å². The maximum Gasteiger partial charge on any atom is 0.138 e. The number of furan rings is 1. The molecule has 0 unspecified atom stereocenters. The molecule has 0 aliphatic rings. The van der Waals surface area contributed by atoms with Gasteiger partial charge in [-0.3, -0.25) is 0 Å². The van der Waals surface area contributed by atoms with Gasteiger partial charge in [-0.2, -0.15) is 0 Å². The summed E-state index contributed by atoms with van der Waals surface area (Å²) < 4.78 is 5.42. The molecule has 0 saturated heterocycles. The summed E-state index contributed by atoms with van der Waals surface area (Å²) in [5.74, 6) is 0.255. The fraction of sp³-hybridized carbons (Fsp3) is 0. The number of phenolic OH excluding ortho intramolecular Hbond substituents is 1. The molecule has 3 rings (SSSR count). The molecule has 1 aromatic heterocycles. The lowest BCUT2D eigenvalue weighted by atomic mass is 10.0. The molecule has 0 aliphatic heterocycles. The maximum absolute atomic E-state index is 9.84. The van der Waals surface area contributed by atoms with Crippen molar-refractivity contribution in [3.05, 3.63) is 54.8 Å². The Morgan fingerprint density at radius 1 is 0.875 bits per heavy atom. The number of hydrogen-bond donors (Lipinski definition) is 1. The van der Waals surface area contributed by atoms with Crippen molar-refractivity contribution in [1.29, 1.82) is 0 Å². The average Bonchev–Trinajstić information content (AvgIpc) is 2.75. The molecule has 0 bridgehead atoms. The molecule has 0 amide bonds. The summed E-state index contributed by atoms with van der Waals surface area (Å²) in [7, 11) is 0. The van der Waals surface area contributed by atoms with Gasteiger partial charge in [-0.15, -0.1) is 0 Å². The maximum atomic E-state index is 9.84. The van der Waals surface area contributed by atoms with Gasteiger partial charge in [0, 0.05) is 5.56 Å². The largest absolute Gasteiger partial charge is 0.507 e. The Balaban J connectivity index is 2.33. The van der Waals surface area contributed by atoms with E-state index in [1.165, 1.54) is 0 Å². The predicted octanol–water partition coefficient (Wildman–Crippen LogP) is 3.81. The average molecular weight is 210 g/mol. The molecule has 3 aromatic rings. The van der Waals surface area contributed by atoms with E-state index in [-0.39, 0.29) is 5.75 Å². The van der Waals surface area contributed by atoms with Crippen LogP contribution >= 0.6 is 0 Å². The monoisotopic (exact) mass is 210 g/mol. The topological polar surface area (TPSA) is 33.4 Å². The van der Waals surface area contributed by atoms with Gasteiger partial charge in [-0.25, -0.2) is 0 Å². The molecule has 1 heterocycles. The third-order valence-corrected chi connectivity index (χ3v) is 2.66. The molecular formula is C14H10O2. The molecule has 2 aromatic carbocycles. The van der Waals surface area contributed by atoms with Crippen LogP contribution in [0.15, 0.2) is 59.2 Å². The van der Waals surface area contributed by atoms with E-state index in [1.54, 1.807) is 18.4 Å². The van der Waals surface area contributed by atoms with Crippen LogP contribution < -0.4 is 0 Å². The number of rotatable bonds is 1. The Hall–Kier alpha value is -2.22. The van der Waals surface area contributed by atoms with Crippen LogP contribution in [-0.4, -0.2) is 5.11 Å². The number of phenols is 1. The van der Waals surface area contributed by atoms with E-state index in [2.05, 4.69) is 0 Å². The molecule has 2 nitrogen and oxygen atoms in total. The van der Waals surface area contributed by atoms with Gasteiger partial charge >= 0.3 is 0 Å². The molecular weight excluding hydrogens is 200 g/mol. The van der Waals surface area contributed by atoms with Crippen LogP contribution in [0.4, 0.5) is 0 Å². The lowest BCUT2D eigenvalue weighted by Crippen LogP contribution is -1.74. The van der Waals surface area contributed by atoms with E-state index in [9.17, 15) is 5.11 Å². The van der Waals surface area contributed by atoms with Crippen LogP contribution in [0, 0.1) is 0 Å². The molecule has 2 heteroatoms. The lowest BCUT2D eigenvalue weighted by molar-refractivity contribution is 0.481. The molecule has 16 heavy (non-hydrogen) atoms. The van der Waals surface area contributed by atoms with E-state index in [4.69, 9.17) is 4.42 Å². The molecule has 0 radical (unpaired) electrons. The van der Waals surface area contributed by atoms with Crippen molar-refractivity contribution in [2.45, 2.75) is 0 Å². The highest BCUT2D eigenvalue weighted by Crippen LogP contribution is 2.35. The van der Waals surface area contributed by atoms with Gasteiger partial charge in [0.15, 0.2) is 0 Å². The Morgan fingerprint density at radius 3 is 2.50 bits per heavy atom. The third-order valence-electron chi connectivity index (χ3n) is 2.66. The summed E-state index contributed by atoms with van der Waals surface area (Å²) in [6.45, 7) is 0. The van der Waals surface area contributed by atoms with E-state index in [0.29, 0.717) is 5.58 Å². The first-order valence-corrected chi connectivity index (χ1v) is 5.11. The first-order chi connectivity index (χ1) is 7.86. The van der Waals surface area contributed by atoms with Crippen molar-refractivity contribution < 1.29 is 9.52 Å². The normalized spacial score (nSPS) is 10.8. The second kappa shape index (κ2) is 3.42. The molecule has 0 aliphatic carbocycles. The quantitative estimate of drug-likeness (QED) is 0.662. The Morgan fingerprint density at radius 2 is 1.69 bits per heavy atom. The van der Waals surface area contributed by atoms with Crippen molar-refractivity contribution in [3.8, 4) is 16.9 Å². The van der Waals surface area contributed by atoms with Crippen molar-refractivity contribution >= 4 is 11.0 Å². The zero-order valence-corrected chi connectivity index (χ0v) is 8.55. The Bertz CT molecular complexity index is 624. The van der Waals surface area contributed by atoms with Crippen molar-refractivity contribution in [2.75, 3.05) is 0 Å². The minimum atomic E-state index is 0.255. The van der Waals surface area contributed by atoms with E-state index in [1.807, 2.05) is 36.4 Å². The Labute approximate surface area is 92.8 Å². The number of hydrogen-bond acceptors (Lipinski definition) is 2. The third kappa shape index (κ3) is 1.27. The smallest absolute Gasteiger partial charge is 0.138 e. The summed E-state index contributed by atoms with van der Waals surface area (Å²) in [5.41, 5.74) is 2.68. The first-order valence-electron chi connectivity index (χ1n) is 5.11. The SMILES string of the molecule is Oc1cccc2occ(-c3ccccc3)c12. The van der Waals surface area contributed by atoms with Crippen LogP contribution in [-0.2, 0) is 0 Å². The summed E-state index contributed by atoms with van der Waals surface area (Å²) in [6, 6.07) is 15.2. The standard InChI is InChI=1S/C14H10O2/c15-12-7-4-8-13-14(12)11(9-16-13)10-5-2-1-3-6-10/h1-9,15H. The van der Waals surface area contributed by atoms with Crippen LogP contribution in [0.5, 0.6) is 5.75 Å². The number of fused-ring (bicyclic) bond motifs is 1. The number of benzene rings is 2. The minimum absolute atomic E-state index is 0.255. The highest BCUT2D eigenvalue weighted by molar-refractivity contribution is 5.98. The molecule has 0 spiro atoms. The molecule has 0 fully saturated rings. The Kier molecular flexibility index (Phi) is 1.93. The van der Waals surface area contributed by atoms with Crippen molar-refractivity contribution in [2.24, 2.45) is 0 Å². The van der Waals surface area contributed by atoms with Crippen LogP contribution in [0.3, 0.4) is 0 Å². The number of aromatic hydroxyl groups is 1. The van der Waals surface area contributed by atoms with Gasteiger partial charge in [0.05, 0.1) is 11.6 Å². The minimum Gasteiger partial charge on any atom is -0.507 e. The van der Waals surface area contributed by atoms with E-state index >= 15 is 0 Å². The van der Waals surface area contributed by atoms with Crippen molar-refractivity contribution in [3.63, 3.8) is 0 Å². The highest BCUT2D eigenvalue weighted by atomic mass is 16.3.